The van der Waals surface area contributed by atoms with E-state index in [1.54, 1.807) is 23.6 Å². The second kappa shape index (κ2) is 6.35. The molecule has 1 heterocycles. The summed E-state index contributed by atoms with van der Waals surface area (Å²) in [6, 6.07) is 15.5. The number of fused-ring (bicyclic) bond motifs is 1. The van der Waals surface area contributed by atoms with Crippen LogP contribution in [0.1, 0.15) is 11.1 Å². The maximum absolute atomic E-state index is 12.6. The van der Waals surface area contributed by atoms with Gasteiger partial charge in [-0.3, -0.25) is 13.9 Å². The summed E-state index contributed by atoms with van der Waals surface area (Å²) < 4.78 is 3.11. The molecule has 3 rings (SSSR count). The molecule has 3 aromatic rings. The molecular formula is C19H21N3O2. The largest absolute Gasteiger partial charge is 0.340 e. The minimum Gasteiger partial charge on any atom is -0.340 e. The van der Waals surface area contributed by atoms with Crippen LogP contribution >= 0.6 is 0 Å². The molecule has 124 valence electrons. The molecule has 0 atom stereocenters. The van der Waals surface area contributed by atoms with Crippen molar-refractivity contribution in [3.05, 3.63) is 70.1 Å². The first-order chi connectivity index (χ1) is 11.5. The molecule has 0 saturated heterocycles. The van der Waals surface area contributed by atoms with Crippen molar-refractivity contribution < 1.29 is 4.79 Å². The second-order valence-electron chi connectivity index (χ2n) is 6.09. The Kier molecular flexibility index (Phi) is 4.25. The first-order valence-electron chi connectivity index (χ1n) is 7.91. The average Bonchev–Trinajstić information content (AvgIpc) is 2.82. The molecule has 0 aliphatic rings. The van der Waals surface area contributed by atoms with Crippen molar-refractivity contribution in [3.8, 4) is 0 Å². The Hall–Kier alpha value is -2.82. The fourth-order valence-corrected chi connectivity index (χ4v) is 2.90. The number of para-hydroxylation sites is 2. The van der Waals surface area contributed by atoms with Gasteiger partial charge in [0.15, 0.2) is 0 Å². The van der Waals surface area contributed by atoms with Crippen molar-refractivity contribution in [2.24, 2.45) is 7.05 Å². The predicted molar refractivity (Wildman–Crippen MR) is 94.8 cm³/mol. The molecule has 0 fully saturated rings. The van der Waals surface area contributed by atoms with E-state index in [-0.39, 0.29) is 18.1 Å². The van der Waals surface area contributed by atoms with Crippen LogP contribution in [0.4, 0.5) is 0 Å². The lowest BCUT2D eigenvalue weighted by Gasteiger charge is -2.18. The van der Waals surface area contributed by atoms with Crippen molar-refractivity contribution in [1.82, 2.24) is 14.0 Å². The van der Waals surface area contributed by atoms with Gasteiger partial charge < -0.3 is 4.90 Å². The van der Waals surface area contributed by atoms with Crippen molar-refractivity contribution >= 4 is 16.9 Å². The molecule has 2 aromatic carbocycles. The molecule has 0 spiro atoms. The molecular weight excluding hydrogens is 302 g/mol. The van der Waals surface area contributed by atoms with Gasteiger partial charge in [-0.15, -0.1) is 0 Å². The zero-order chi connectivity index (χ0) is 17.3. The van der Waals surface area contributed by atoms with E-state index in [1.165, 1.54) is 4.57 Å². The Morgan fingerprint density at radius 3 is 2.38 bits per heavy atom. The summed E-state index contributed by atoms with van der Waals surface area (Å²) in [4.78, 5) is 26.7. The fraction of sp³-hybridized carbons (Fsp3) is 0.263. The minimum absolute atomic E-state index is 0.0442. The van der Waals surface area contributed by atoms with Crippen molar-refractivity contribution in [3.63, 3.8) is 0 Å². The molecule has 0 aliphatic carbocycles. The van der Waals surface area contributed by atoms with Gasteiger partial charge in [0.25, 0.3) is 0 Å². The van der Waals surface area contributed by atoms with Crippen LogP contribution in [0.15, 0.2) is 53.3 Å². The van der Waals surface area contributed by atoms with Gasteiger partial charge >= 0.3 is 5.69 Å². The van der Waals surface area contributed by atoms with E-state index in [0.717, 1.165) is 22.2 Å². The summed E-state index contributed by atoms with van der Waals surface area (Å²) >= 11 is 0. The third-order valence-corrected chi connectivity index (χ3v) is 4.44. The predicted octanol–water partition coefficient (Wildman–Crippen LogP) is 2.31. The van der Waals surface area contributed by atoms with Gasteiger partial charge in [0.2, 0.25) is 5.91 Å². The second-order valence-corrected chi connectivity index (χ2v) is 6.09. The highest BCUT2D eigenvalue weighted by atomic mass is 16.2. The first-order valence-corrected chi connectivity index (χ1v) is 7.91. The Labute approximate surface area is 140 Å². The van der Waals surface area contributed by atoms with Gasteiger partial charge in [0, 0.05) is 20.6 Å². The molecule has 1 aromatic heterocycles. The highest BCUT2D eigenvalue weighted by Crippen LogP contribution is 2.13. The molecule has 0 saturated carbocycles. The molecule has 24 heavy (non-hydrogen) atoms. The lowest BCUT2D eigenvalue weighted by Crippen LogP contribution is -2.34. The molecule has 1 amide bonds. The number of benzene rings is 2. The highest BCUT2D eigenvalue weighted by Gasteiger charge is 2.16. The topological polar surface area (TPSA) is 47.2 Å². The summed E-state index contributed by atoms with van der Waals surface area (Å²) in [5.41, 5.74) is 3.70. The number of hydrogen-bond donors (Lipinski definition) is 0. The number of rotatable bonds is 4. The van der Waals surface area contributed by atoms with Gasteiger partial charge in [-0.05, 0) is 30.2 Å². The summed E-state index contributed by atoms with van der Waals surface area (Å²) in [5.74, 6) is -0.0864. The fourth-order valence-electron chi connectivity index (χ4n) is 2.90. The van der Waals surface area contributed by atoms with E-state index in [1.807, 2.05) is 55.5 Å². The number of hydrogen-bond acceptors (Lipinski definition) is 2. The van der Waals surface area contributed by atoms with Crippen molar-refractivity contribution in [2.45, 2.75) is 20.0 Å². The molecule has 0 aliphatic heterocycles. The highest BCUT2D eigenvalue weighted by molar-refractivity contribution is 5.80. The van der Waals surface area contributed by atoms with E-state index >= 15 is 0 Å². The maximum Gasteiger partial charge on any atom is 0.329 e. The van der Waals surface area contributed by atoms with E-state index in [2.05, 4.69) is 0 Å². The molecule has 5 heteroatoms. The van der Waals surface area contributed by atoms with Crippen LogP contribution < -0.4 is 5.69 Å². The average molecular weight is 323 g/mol. The van der Waals surface area contributed by atoms with E-state index < -0.39 is 0 Å². The van der Waals surface area contributed by atoms with Crippen LogP contribution in [-0.2, 0) is 24.9 Å². The maximum atomic E-state index is 12.6. The van der Waals surface area contributed by atoms with Gasteiger partial charge in [-0.1, -0.05) is 36.4 Å². The third kappa shape index (κ3) is 2.85. The molecule has 0 bridgehead atoms. The standard InChI is InChI=1S/C19H21N3O2/c1-14-8-4-5-9-15(14)12-20(2)18(23)13-22-17-11-7-6-10-16(17)21(3)19(22)24/h4-11H,12-13H2,1-3H3. The summed E-state index contributed by atoms with van der Waals surface area (Å²) in [6.45, 7) is 2.61. The summed E-state index contributed by atoms with van der Waals surface area (Å²) in [6.07, 6.45) is 0. The monoisotopic (exact) mass is 323 g/mol. The SMILES string of the molecule is Cc1ccccc1CN(C)C(=O)Cn1c(=O)n(C)c2ccccc21. The lowest BCUT2D eigenvalue weighted by molar-refractivity contribution is -0.131. The number of aromatic nitrogens is 2. The van der Waals surface area contributed by atoms with Gasteiger partial charge in [-0.2, -0.15) is 0 Å². The normalized spacial score (nSPS) is 11.0. The molecule has 0 N–H and O–H groups in total. The summed E-state index contributed by atoms with van der Waals surface area (Å²) in [5, 5.41) is 0. The zero-order valence-corrected chi connectivity index (χ0v) is 14.2. The Balaban J connectivity index is 1.84. The van der Waals surface area contributed by atoms with Crippen LogP contribution in [0.25, 0.3) is 11.0 Å². The van der Waals surface area contributed by atoms with Gasteiger partial charge in [0.1, 0.15) is 6.54 Å². The number of aryl methyl sites for hydroxylation is 2. The molecule has 0 radical (unpaired) electrons. The Bertz CT molecular complexity index is 953. The number of nitrogens with zero attached hydrogens (tertiary/aromatic N) is 3. The van der Waals surface area contributed by atoms with Crippen LogP contribution in [0.5, 0.6) is 0 Å². The number of carbonyl (C=O) groups is 1. The van der Waals surface area contributed by atoms with Gasteiger partial charge in [0.05, 0.1) is 11.0 Å². The van der Waals surface area contributed by atoms with Gasteiger partial charge in [-0.25, -0.2) is 4.79 Å². The quantitative estimate of drug-likeness (QED) is 0.740. The zero-order valence-electron chi connectivity index (χ0n) is 14.2. The first kappa shape index (κ1) is 16.1. The van der Waals surface area contributed by atoms with Crippen LogP contribution in [-0.4, -0.2) is 27.0 Å². The van der Waals surface area contributed by atoms with Crippen LogP contribution in [0.3, 0.4) is 0 Å². The minimum atomic E-state index is -0.172. The van der Waals surface area contributed by atoms with E-state index in [9.17, 15) is 9.59 Å². The van der Waals surface area contributed by atoms with E-state index in [4.69, 9.17) is 0 Å². The lowest BCUT2D eigenvalue weighted by atomic mass is 10.1. The number of amides is 1. The summed E-state index contributed by atoms with van der Waals surface area (Å²) in [7, 11) is 3.49. The molecule has 5 nitrogen and oxygen atoms in total. The Morgan fingerprint density at radius 1 is 1.04 bits per heavy atom. The number of imidazole rings is 1. The van der Waals surface area contributed by atoms with Crippen LogP contribution in [0, 0.1) is 6.92 Å². The molecule has 0 unspecified atom stereocenters. The number of carbonyl (C=O) groups excluding carboxylic acids is 1. The third-order valence-electron chi connectivity index (χ3n) is 4.44. The van der Waals surface area contributed by atoms with Crippen molar-refractivity contribution in [1.29, 1.82) is 0 Å². The Morgan fingerprint density at radius 2 is 1.67 bits per heavy atom. The number of likely N-dealkylation sites (N-methyl/N-ethyl adjacent to an activating group) is 1. The smallest absolute Gasteiger partial charge is 0.329 e. The van der Waals surface area contributed by atoms with E-state index in [0.29, 0.717) is 6.54 Å². The van der Waals surface area contributed by atoms with Crippen LogP contribution in [0.2, 0.25) is 0 Å². The van der Waals surface area contributed by atoms with Crippen molar-refractivity contribution in [2.75, 3.05) is 7.05 Å².